The molecule has 1 aliphatic heterocycles. The highest BCUT2D eigenvalue weighted by Crippen LogP contribution is 2.30. The summed E-state index contributed by atoms with van der Waals surface area (Å²) in [5, 5.41) is 10.9. The first-order chi connectivity index (χ1) is 9.84. The highest BCUT2D eigenvalue weighted by atomic mass is 32.1. The number of carbonyl (C=O) groups is 1. The van der Waals surface area contributed by atoms with Gasteiger partial charge in [-0.2, -0.15) is 0 Å². The van der Waals surface area contributed by atoms with Gasteiger partial charge in [0, 0.05) is 26.7 Å². The van der Waals surface area contributed by atoms with Crippen LogP contribution in [0.1, 0.15) is 42.8 Å². The summed E-state index contributed by atoms with van der Waals surface area (Å²) in [6, 6.07) is 0. The summed E-state index contributed by atoms with van der Waals surface area (Å²) in [6.45, 7) is 5.88. The van der Waals surface area contributed by atoms with Gasteiger partial charge in [-0.15, -0.1) is 0 Å². The Morgan fingerprint density at radius 3 is 2.90 bits per heavy atom. The predicted octanol–water partition coefficient (Wildman–Crippen LogP) is 1.56. The van der Waals surface area contributed by atoms with Gasteiger partial charge in [-0.1, -0.05) is 11.3 Å². The number of likely N-dealkylation sites (tertiary alicyclic amines) is 1. The third kappa shape index (κ3) is 3.65. The van der Waals surface area contributed by atoms with Gasteiger partial charge in [0.05, 0.1) is 5.60 Å². The molecule has 2 rings (SSSR count). The van der Waals surface area contributed by atoms with E-state index in [0.717, 1.165) is 24.5 Å². The van der Waals surface area contributed by atoms with E-state index in [1.165, 1.54) is 11.3 Å². The van der Waals surface area contributed by atoms with E-state index >= 15 is 0 Å². The summed E-state index contributed by atoms with van der Waals surface area (Å²) in [4.78, 5) is 21.1. The van der Waals surface area contributed by atoms with Crippen LogP contribution in [0.15, 0.2) is 0 Å². The summed E-state index contributed by atoms with van der Waals surface area (Å²) in [7, 11) is 1.93. The van der Waals surface area contributed by atoms with Crippen LogP contribution in [0.2, 0.25) is 0 Å². The van der Waals surface area contributed by atoms with Gasteiger partial charge in [-0.05, 0) is 33.1 Å². The second-order valence-electron chi connectivity index (χ2n) is 5.87. The summed E-state index contributed by atoms with van der Waals surface area (Å²) >= 11 is 1.34. The summed E-state index contributed by atoms with van der Waals surface area (Å²) in [5.41, 5.74) is 5.23. The number of amides is 1. The number of aliphatic hydroxyl groups is 1. The highest BCUT2D eigenvalue weighted by Gasteiger charge is 2.29. The highest BCUT2D eigenvalue weighted by molar-refractivity contribution is 7.18. The quantitative estimate of drug-likeness (QED) is 0.885. The van der Waals surface area contributed by atoms with Crippen molar-refractivity contribution in [2.75, 3.05) is 37.3 Å². The number of hydrogen-bond donors (Lipinski definition) is 2. The average Bonchev–Trinajstić information content (AvgIpc) is 2.72. The van der Waals surface area contributed by atoms with Crippen LogP contribution in [0.5, 0.6) is 0 Å². The minimum atomic E-state index is -0.679. The first-order valence-electron chi connectivity index (χ1n) is 7.33. The average molecular weight is 312 g/mol. The molecule has 118 valence electrons. The molecule has 2 heterocycles. The SMILES string of the molecule is CCN(C)c1nc(N)c(C(=O)N2CCCC(C)(O)CC2)s1. The molecule has 0 radical (unpaired) electrons. The molecule has 0 aliphatic carbocycles. The Kier molecular flexibility index (Phi) is 4.73. The summed E-state index contributed by atoms with van der Waals surface area (Å²) in [6.07, 6.45) is 2.12. The van der Waals surface area contributed by atoms with Crippen molar-refractivity contribution in [3.8, 4) is 0 Å². The number of anilines is 2. The molecule has 1 fully saturated rings. The van der Waals surface area contributed by atoms with Crippen LogP contribution >= 0.6 is 11.3 Å². The second-order valence-corrected chi connectivity index (χ2v) is 6.85. The number of aromatic nitrogens is 1. The fourth-order valence-corrected chi connectivity index (χ4v) is 3.36. The van der Waals surface area contributed by atoms with Crippen molar-refractivity contribution in [3.63, 3.8) is 0 Å². The lowest BCUT2D eigenvalue weighted by atomic mass is 9.98. The van der Waals surface area contributed by atoms with Crippen LogP contribution in [0.25, 0.3) is 0 Å². The van der Waals surface area contributed by atoms with Gasteiger partial charge in [0.1, 0.15) is 10.7 Å². The fraction of sp³-hybridized carbons (Fsp3) is 0.714. The molecule has 1 aliphatic rings. The van der Waals surface area contributed by atoms with E-state index < -0.39 is 5.60 Å². The van der Waals surface area contributed by atoms with Crippen LogP contribution < -0.4 is 10.6 Å². The molecule has 6 nitrogen and oxygen atoms in total. The molecular formula is C14H24N4O2S. The van der Waals surface area contributed by atoms with Gasteiger partial charge in [0.15, 0.2) is 5.13 Å². The molecule has 1 aromatic heterocycles. The van der Waals surface area contributed by atoms with Gasteiger partial charge < -0.3 is 20.6 Å². The van der Waals surface area contributed by atoms with E-state index in [1.807, 2.05) is 25.8 Å². The minimum absolute atomic E-state index is 0.0709. The topological polar surface area (TPSA) is 82.7 Å². The third-order valence-corrected chi connectivity index (χ3v) is 5.16. The van der Waals surface area contributed by atoms with Crippen molar-refractivity contribution in [2.45, 2.75) is 38.7 Å². The Bertz CT molecular complexity index is 515. The van der Waals surface area contributed by atoms with E-state index in [-0.39, 0.29) is 5.91 Å². The molecule has 1 saturated heterocycles. The van der Waals surface area contributed by atoms with Crippen LogP contribution in [0.3, 0.4) is 0 Å². The number of nitrogens with two attached hydrogens (primary N) is 1. The van der Waals surface area contributed by atoms with Gasteiger partial charge in [-0.25, -0.2) is 4.98 Å². The van der Waals surface area contributed by atoms with Crippen molar-refractivity contribution in [1.82, 2.24) is 9.88 Å². The molecule has 0 aromatic carbocycles. The van der Waals surface area contributed by atoms with Crippen LogP contribution in [0, 0.1) is 0 Å². The number of thiazole rings is 1. The number of carbonyl (C=O) groups excluding carboxylic acids is 1. The minimum Gasteiger partial charge on any atom is -0.390 e. The molecule has 0 spiro atoms. The van der Waals surface area contributed by atoms with Gasteiger partial charge >= 0.3 is 0 Å². The number of rotatable bonds is 3. The van der Waals surface area contributed by atoms with Crippen LogP contribution in [-0.2, 0) is 0 Å². The maximum absolute atomic E-state index is 12.6. The molecule has 0 bridgehead atoms. The normalized spacial score (nSPS) is 23.0. The predicted molar refractivity (Wildman–Crippen MR) is 85.8 cm³/mol. The number of nitrogens with zero attached hydrogens (tertiary/aromatic N) is 3. The van der Waals surface area contributed by atoms with Gasteiger partial charge in [0.25, 0.3) is 5.91 Å². The number of nitrogen functional groups attached to an aromatic ring is 1. The van der Waals surface area contributed by atoms with E-state index in [4.69, 9.17) is 5.73 Å². The van der Waals surface area contributed by atoms with E-state index in [2.05, 4.69) is 4.98 Å². The lowest BCUT2D eigenvalue weighted by Crippen LogP contribution is -2.33. The van der Waals surface area contributed by atoms with Gasteiger partial charge in [0.2, 0.25) is 0 Å². The van der Waals surface area contributed by atoms with E-state index in [1.54, 1.807) is 4.90 Å². The van der Waals surface area contributed by atoms with Gasteiger partial charge in [-0.3, -0.25) is 4.79 Å². The zero-order chi connectivity index (χ0) is 15.6. The Hall–Kier alpha value is -1.34. The van der Waals surface area contributed by atoms with Crippen molar-refractivity contribution in [3.05, 3.63) is 4.88 Å². The molecule has 0 saturated carbocycles. The molecule has 1 unspecified atom stereocenters. The standard InChI is InChI=1S/C14H24N4O2S/c1-4-17(3)13-16-11(15)10(21-13)12(19)18-8-5-6-14(2,20)7-9-18/h20H,4-9,15H2,1-3H3. The molecular weight excluding hydrogens is 288 g/mol. The number of hydrogen-bond acceptors (Lipinski definition) is 6. The Labute approximate surface area is 129 Å². The zero-order valence-electron chi connectivity index (χ0n) is 12.9. The fourth-order valence-electron chi connectivity index (χ4n) is 2.38. The first kappa shape index (κ1) is 16.0. The lowest BCUT2D eigenvalue weighted by Gasteiger charge is -2.22. The van der Waals surface area contributed by atoms with Crippen molar-refractivity contribution in [2.24, 2.45) is 0 Å². The molecule has 3 N–H and O–H groups in total. The maximum atomic E-state index is 12.6. The molecule has 1 atom stereocenters. The van der Waals surface area contributed by atoms with Crippen LogP contribution in [-0.4, -0.2) is 53.2 Å². The van der Waals surface area contributed by atoms with Crippen molar-refractivity contribution >= 4 is 28.2 Å². The first-order valence-corrected chi connectivity index (χ1v) is 8.15. The summed E-state index contributed by atoms with van der Waals surface area (Å²) in [5.74, 6) is 0.231. The Morgan fingerprint density at radius 2 is 2.24 bits per heavy atom. The third-order valence-electron chi connectivity index (χ3n) is 3.99. The van der Waals surface area contributed by atoms with Crippen molar-refractivity contribution in [1.29, 1.82) is 0 Å². The molecule has 1 amide bonds. The largest absolute Gasteiger partial charge is 0.390 e. The maximum Gasteiger partial charge on any atom is 0.267 e. The Balaban J connectivity index is 2.14. The molecule has 21 heavy (non-hydrogen) atoms. The van der Waals surface area contributed by atoms with Crippen molar-refractivity contribution < 1.29 is 9.90 Å². The summed E-state index contributed by atoms with van der Waals surface area (Å²) < 4.78 is 0. The zero-order valence-corrected chi connectivity index (χ0v) is 13.7. The monoisotopic (exact) mass is 312 g/mol. The molecule has 1 aromatic rings. The smallest absolute Gasteiger partial charge is 0.267 e. The molecule has 7 heteroatoms. The Morgan fingerprint density at radius 1 is 1.52 bits per heavy atom. The van der Waals surface area contributed by atoms with E-state index in [9.17, 15) is 9.90 Å². The lowest BCUT2D eigenvalue weighted by molar-refractivity contribution is 0.0438. The second kappa shape index (κ2) is 6.19. The van der Waals surface area contributed by atoms with Crippen LogP contribution in [0.4, 0.5) is 10.9 Å². The van der Waals surface area contributed by atoms with E-state index in [0.29, 0.717) is 30.2 Å².